The monoisotopic (exact) mass is 422 g/mol. The molecule has 8 nitrogen and oxygen atoms in total. The molecule has 0 bridgehead atoms. The number of furan rings is 1. The van der Waals surface area contributed by atoms with Gasteiger partial charge < -0.3 is 24.9 Å². The van der Waals surface area contributed by atoms with E-state index in [0.717, 1.165) is 16.7 Å². The minimum atomic E-state index is -1.01. The van der Waals surface area contributed by atoms with Gasteiger partial charge in [0.15, 0.2) is 11.3 Å². The van der Waals surface area contributed by atoms with Gasteiger partial charge in [-0.25, -0.2) is 4.79 Å². The summed E-state index contributed by atoms with van der Waals surface area (Å²) in [5.74, 6) is 0.908. The van der Waals surface area contributed by atoms with Crippen LogP contribution in [0.4, 0.5) is 0 Å². The van der Waals surface area contributed by atoms with Gasteiger partial charge in [0.2, 0.25) is 0 Å². The van der Waals surface area contributed by atoms with Crippen molar-refractivity contribution in [3.05, 3.63) is 72.4 Å². The van der Waals surface area contributed by atoms with Gasteiger partial charge in [0.1, 0.15) is 5.76 Å². The lowest BCUT2D eigenvalue weighted by Gasteiger charge is -2.27. The molecular weight excluding hydrogens is 396 g/mol. The second kappa shape index (κ2) is 9.36. The lowest BCUT2D eigenvalue weighted by Crippen LogP contribution is -2.42. The predicted molar refractivity (Wildman–Crippen MR) is 119 cm³/mol. The van der Waals surface area contributed by atoms with Crippen molar-refractivity contribution in [3.63, 3.8) is 0 Å². The Kier molecular flexibility index (Phi) is 6.61. The zero-order valence-corrected chi connectivity index (χ0v) is 17.8. The molecule has 0 amide bonds. The number of ether oxygens (including phenoxy) is 1. The summed E-state index contributed by atoms with van der Waals surface area (Å²) in [5, 5.41) is 13.3. The summed E-state index contributed by atoms with van der Waals surface area (Å²) >= 11 is 0. The third kappa shape index (κ3) is 4.87. The van der Waals surface area contributed by atoms with Crippen LogP contribution in [0.15, 0.2) is 65.5 Å². The van der Waals surface area contributed by atoms with Gasteiger partial charge >= 0.3 is 5.97 Å². The molecule has 1 aromatic carbocycles. The number of aromatic nitrogens is 1. The number of carbonyl (C=O) groups is 1. The van der Waals surface area contributed by atoms with Crippen LogP contribution in [0.25, 0.3) is 22.2 Å². The van der Waals surface area contributed by atoms with Gasteiger partial charge in [0, 0.05) is 24.2 Å². The summed E-state index contributed by atoms with van der Waals surface area (Å²) in [4.78, 5) is 17.2. The van der Waals surface area contributed by atoms with Gasteiger partial charge in [-0.2, -0.15) is 0 Å². The first-order valence-electron chi connectivity index (χ1n) is 9.68. The van der Waals surface area contributed by atoms with E-state index in [2.05, 4.69) is 16.9 Å². The number of allylic oxidation sites excluding steroid dienone is 2. The second-order valence-electron chi connectivity index (χ2n) is 7.04. The molecule has 31 heavy (non-hydrogen) atoms. The predicted octanol–water partition coefficient (Wildman–Crippen LogP) is 3.56. The first-order valence-corrected chi connectivity index (χ1v) is 9.68. The smallest absolute Gasteiger partial charge is 0.337 e. The number of carboxylic acid groups (broad SMARTS) is 1. The zero-order valence-electron chi connectivity index (χ0n) is 17.8. The average molecular weight is 422 g/mol. The van der Waals surface area contributed by atoms with Crippen LogP contribution in [0, 0.1) is 0 Å². The van der Waals surface area contributed by atoms with Crippen LogP contribution in [-0.4, -0.2) is 41.3 Å². The van der Waals surface area contributed by atoms with Gasteiger partial charge in [0.25, 0.3) is 0 Å². The Morgan fingerprint density at radius 1 is 1.42 bits per heavy atom. The molecule has 3 aromatic rings. The maximum atomic E-state index is 11.1. The second-order valence-corrected chi connectivity index (χ2v) is 7.04. The van der Waals surface area contributed by atoms with E-state index >= 15 is 0 Å². The van der Waals surface area contributed by atoms with Crippen molar-refractivity contribution in [2.24, 2.45) is 5.73 Å². The molecule has 3 rings (SSSR count). The highest BCUT2D eigenvalue weighted by atomic mass is 16.5. The molecule has 4 N–H and O–H groups in total. The van der Waals surface area contributed by atoms with Crippen molar-refractivity contribution >= 4 is 16.9 Å². The largest absolute Gasteiger partial charge is 0.493 e. The SMILES string of the molecule is C=C/C=C(/N)N(C)C(C)NCc1cc2cc(-c3ccc(C(=O)O)cn3)cc(OC)c2o1. The fraction of sp³-hybridized carbons (Fsp3) is 0.217. The fourth-order valence-electron chi connectivity index (χ4n) is 3.10. The average Bonchev–Trinajstić information content (AvgIpc) is 3.19. The molecule has 0 aliphatic rings. The van der Waals surface area contributed by atoms with E-state index < -0.39 is 5.97 Å². The summed E-state index contributed by atoms with van der Waals surface area (Å²) in [6.07, 6.45) is 4.69. The molecule has 0 radical (unpaired) electrons. The van der Waals surface area contributed by atoms with Gasteiger partial charge in [-0.3, -0.25) is 10.3 Å². The van der Waals surface area contributed by atoms with Gasteiger partial charge in [-0.05, 0) is 43.3 Å². The molecule has 0 saturated carbocycles. The van der Waals surface area contributed by atoms with Crippen LogP contribution in [0.3, 0.4) is 0 Å². The summed E-state index contributed by atoms with van der Waals surface area (Å²) in [6, 6.07) is 8.90. The number of nitrogens with two attached hydrogens (primary N) is 1. The molecule has 1 atom stereocenters. The summed E-state index contributed by atoms with van der Waals surface area (Å²) in [7, 11) is 3.47. The van der Waals surface area contributed by atoms with Crippen LogP contribution < -0.4 is 15.8 Å². The number of hydrogen-bond acceptors (Lipinski definition) is 7. The highest BCUT2D eigenvalue weighted by Crippen LogP contribution is 2.34. The minimum absolute atomic E-state index is 0.0289. The van der Waals surface area contributed by atoms with Crippen LogP contribution in [0.2, 0.25) is 0 Å². The Bertz CT molecular complexity index is 1120. The van der Waals surface area contributed by atoms with Crippen molar-refractivity contribution < 1.29 is 19.1 Å². The number of hydrogen-bond donors (Lipinski definition) is 3. The van der Waals surface area contributed by atoms with Gasteiger partial charge in [-0.1, -0.05) is 12.7 Å². The van der Waals surface area contributed by atoms with E-state index in [0.29, 0.717) is 29.4 Å². The van der Waals surface area contributed by atoms with E-state index in [4.69, 9.17) is 20.0 Å². The molecule has 0 fully saturated rings. The Labute approximate surface area is 180 Å². The van der Waals surface area contributed by atoms with Crippen molar-refractivity contribution in [3.8, 4) is 17.0 Å². The molecule has 162 valence electrons. The number of benzene rings is 1. The normalized spacial score (nSPS) is 12.5. The maximum absolute atomic E-state index is 11.1. The van der Waals surface area contributed by atoms with E-state index in [1.165, 1.54) is 12.3 Å². The van der Waals surface area contributed by atoms with Crippen molar-refractivity contribution in [1.29, 1.82) is 0 Å². The number of methoxy groups -OCH3 is 1. The van der Waals surface area contributed by atoms with Crippen LogP contribution in [0.5, 0.6) is 5.75 Å². The first-order chi connectivity index (χ1) is 14.8. The topological polar surface area (TPSA) is 114 Å². The molecule has 1 unspecified atom stereocenters. The van der Waals surface area contributed by atoms with E-state index in [-0.39, 0.29) is 11.7 Å². The van der Waals surface area contributed by atoms with E-state index in [9.17, 15) is 4.79 Å². The Balaban J connectivity index is 1.84. The lowest BCUT2D eigenvalue weighted by atomic mass is 10.1. The molecule has 2 aromatic heterocycles. The molecule has 2 heterocycles. The lowest BCUT2D eigenvalue weighted by molar-refractivity contribution is 0.0696. The maximum Gasteiger partial charge on any atom is 0.337 e. The highest BCUT2D eigenvalue weighted by molar-refractivity contribution is 5.90. The van der Waals surface area contributed by atoms with Crippen molar-refractivity contribution in [2.45, 2.75) is 19.6 Å². The number of aromatic carboxylic acids is 1. The third-order valence-electron chi connectivity index (χ3n) is 5.01. The number of rotatable bonds is 9. The number of fused-ring (bicyclic) bond motifs is 1. The fourth-order valence-corrected chi connectivity index (χ4v) is 3.10. The molecule has 0 aliphatic carbocycles. The van der Waals surface area contributed by atoms with Crippen molar-refractivity contribution in [1.82, 2.24) is 15.2 Å². The number of nitrogens with one attached hydrogen (secondary N) is 1. The minimum Gasteiger partial charge on any atom is -0.493 e. The van der Waals surface area contributed by atoms with Crippen LogP contribution >= 0.6 is 0 Å². The van der Waals surface area contributed by atoms with E-state index in [1.54, 1.807) is 25.3 Å². The molecule has 8 heteroatoms. The van der Waals surface area contributed by atoms with Crippen molar-refractivity contribution in [2.75, 3.05) is 14.2 Å². The number of carboxylic acids is 1. The molecule has 0 aliphatic heterocycles. The molecule has 0 saturated heterocycles. The summed E-state index contributed by atoms with van der Waals surface area (Å²) < 4.78 is 11.5. The van der Waals surface area contributed by atoms with Crippen LogP contribution in [-0.2, 0) is 6.54 Å². The van der Waals surface area contributed by atoms with Gasteiger partial charge in [0.05, 0.1) is 36.9 Å². The number of nitrogens with zero attached hydrogens (tertiary/aromatic N) is 2. The van der Waals surface area contributed by atoms with Crippen LogP contribution in [0.1, 0.15) is 23.0 Å². The third-order valence-corrected chi connectivity index (χ3v) is 5.01. The number of pyridine rings is 1. The van der Waals surface area contributed by atoms with Gasteiger partial charge in [-0.15, -0.1) is 0 Å². The summed E-state index contributed by atoms with van der Waals surface area (Å²) in [5.41, 5.74) is 8.21. The van der Waals surface area contributed by atoms with E-state index in [1.807, 2.05) is 37.1 Å². The quantitative estimate of drug-likeness (QED) is 0.354. The Morgan fingerprint density at radius 3 is 2.81 bits per heavy atom. The molecule has 0 spiro atoms. The Morgan fingerprint density at radius 2 is 2.19 bits per heavy atom. The summed E-state index contributed by atoms with van der Waals surface area (Å²) in [6.45, 7) is 6.15. The highest BCUT2D eigenvalue weighted by Gasteiger charge is 2.15. The molecular formula is C23H26N4O4. The first kappa shape index (κ1) is 21.9. The zero-order chi connectivity index (χ0) is 22.5. The standard InChI is InChI=1S/C23H26N4O4/c1-5-6-21(24)27(3)14(2)25-13-18-10-17-9-16(11-20(30-4)22(17)31-18)19-8-7-15(12-26-19)23(28)29/h5-12,14,25H,1,13,24H2,2-4H3,(H,28,29)/b21-6-. The Hall–Kier alpha value is -3.78.